The summed E-state index contributed by atoms with van der Waals surface area (Å²) in [6, 6.07) is 5.28. The lowest BCUT2D eigenvalue weighted by atomic mass is 10.3. The first kappa shape index (κ1) is 19.9. The highest BCUT2D eigenvalue weighted by molar-refractivity contribution is 6.00. The van der Waals surface area contributed by atoms with Gasteiger partial charge in [0.05, 0.1) is 18.3 Å². The Labute approximate surface area is 173 Å². The number of hydrogen-bond donors (Lipinski definition) is 3. The van der Waals surface area contributed by atoms with Gasteiger partial charge in [-0.2, -0.15) is 9.61 Å². The third kappa shape index (κ3) is 3.61. The maximum atomic E-state index is 12.7. The number of aromatic nitrogens is 4. The van der Waals surface area contributed by atoms with Crippen LogP contribution in [0.3, 0.4) is 0 Å². The molecule has 0 spiro atoms. The lowest BCUT2D eigenvalue weighted by Crippen LogP contribution is -2.28. The fourth-order valence-electron chi connectivity index (χ4n) is 3.35. The van der Waals surface area contributed by atoms with Gasteiger partial charge in [0.2, 0.25) is 0 Å². The van der Waals surface area contributed by atoms with Gasteiger partial charge in [-0.15, -0.1) is 0 Å². The van der Waals surface area contributed by atoms with Crippen LogP contribution in [0.15, 0.2) is 35.4 Å². The molecule has 1 aliphatic carbocycles. The number of carbonyl (C=O) groups excluding carboxylic acids is 1. The van der Waals surface area contributed by atoms with Gasteiger partial charge in [0.15, 0.2) is 5.65 Å². The summed E-state index contributed by atoms with van der Waals surface area (Å²) in [7, 11) is 3.38. The summed E-state index contributed by atoms with van der Waals surface area (Å²) < 4.78 is 8.43. The molecule has 0 aliphatic heterocycles. The lowest BCUT2D eigenvalue weighted by Gasteiger charge is -2.13. The molecule has 0 saturated heterocycles. The molecule has 0 aromatic carbocycles. The van der Waals surface area contributed by atoms with E-state index in [0.29, 0.717) is 28.5 Å². The van der Waals surface area contributed by atoms with Crippen molar-refractivity contribution in [2.75, 3.05) is 24.8 Å². The van der Waals surface area contributed by atoms with Crippen molar-refractivity contribution in [2.24, 2.45) is 0 Å². The largest absolute Gasteiger partial charge is 0.379 e. The Bertz CT molecular complexity index is 1150. The second kappa shape index (κ2) is 7.79. The zero-order chi connectivity index (χ0) is 21.4. The number of methoxy groups -OCH3 is 1. The normalized spacial score (nSPS) is 17.9. The second-order valence-corrected chi connectivity index (χ2v) is 7.51. The van der Waals surface area contributed by atoms with Crippen LogP contribution in [-0.4, -0.2) is 51.4 Å². The monoisotopic (exact) mass is 411 g/mol. The van der Waals surface area contributed by atoms with Crippen molar-refractivity contribution in [3.8, 4) is 0 Å². The molecule has 1 fully saturated rings. The van der Waals surface area contributed by atoms with E-state index in [-0.39, 0.29) is 29.7 Å². The van der Waals surface area contributed by atoms with Gasteiger partial charge >= 0.3 is 0 Å². The van der Waals surface area contributed by atoms with Crippen molar-refractivity contribution < 1.29 is 9.53 Å². The van der Waals surface area contributed by atoms with Crippen LogP contribution >= 0.6 is 0 Å². The summed E-state index contributed by atoms with van der Waals surface area (Å²) in [5.41, 5.74) is 0.990. The number of pyridine rings is 1. The lowest BCUT2D eigenvalue weighted by molar-refractivity contribution is 0.0936. The Hall–Kier alpha value is -3.40. The molecular weight excluding hydrogens is 386 g/mol. The summed E-state index contributed by atoms with van der Waals surface area (Å²) in [4.78, 5) is 30.0. The first-order valence-electron chi connectivity index (χ1n) is 9.81. The molecule has 158 valence electrons. The molecule has 3 aromatic heterocycles. The summed E-state index contributed by atoms with van der Waals surface area (Å²) in [6.07, 6.45) is 4.08. The number of nitrogens with one attached hydrogen (secondary N) is 3. The van der Waals surface area contributed by atoms with E-state index in [4.69, 9.17) is 4.74 Å². The number of nitrogens with zero attached hydrogens (tertiary/aromatic N) is 4. The Morgan fingerprint density at radius 1 is 1.37 bits per heavy atom. The molecule has 10 heteroatoms. The summed E-state index contributed by atoms with van der Waals surface area (Å²) >= 11 is 0. The van der Waals surface area contributed by atoms with Crippen molar-refractivity contribution in [1.29, 1.82) is 0 Å². The number of carbonyl (C=O) groups is 1. The third-order valence-electron chi connectivity index (χ3n) is 5.12. The van der Waals surface area contributed by atoms with Crippen LogP contribution in [0.2, 0.25) is 0 Å². The highest BCUT2D eigenvalue weighted by atomic mass is 16.5. The third-order valence-corrected chi connectivity index (χ3v) is 5.12. The molecule has 1 amide bonds. The number of anilines is 3. The second-order valence-electron chi connectivity index (χ2n) is 7.51. The van der Waals surface area contributed by atoms with E-state index in [1.165, 1.54) is 6.20 Å². The van der Waals surface area contributed by atoms with Gasteiger partial charge in [0, 0.05) is 32.5 Å². The minimum Gasteiger partial charge on any atom is -0.379 e. The van der Waals surface area contributed by atoms with Gasteiger partial charge < -0.3 is 25.3 Å². The minimum absolute atomic E-state index is 0.00125. The van der Waals surface area contributed by atoms with E-state index in [0.717, 1.165) is 6.42 Å². The van der Waals surface area contributed by atoms with Gasteiger partial charge in [-0.25, -0.2) is 4.98 Å². The maximum Gasteiger partial charge on any atom is 0.274 e. The quantitative estimate of drug-likeness (QED) is 0.543. The molecule has 3 aromatic rings. The maximum absolute atomic E-state index is 12.7. The number of amides is 1. The molecule has 1 aliphatic rings. The molecule has 0 bridgehead atoms. The van der Waals surface area contributed by atoms with E-state index >= 15 is 0 Å². The van der Waals surface area contributed by atoms with Crippen LogP contribution in [0, 0.1) is 0 Å². The van der Waals surface area contributed by atoms with E-state index in [1.54, 1.807) is 47.6 Å². The van der Waals surface area contributed by atoms with Crippen LogP contribution in [0.25, 0.3) is 5.65 Å². The number of hydrogen-bond acceptors (Lipinski definition) is 7. The Kier molecular flexibility index (Phi) is 5.17. The van der Waals surface area contributed by atoms with E-state index in [2.05, 4.69) is 26.0 Å². The zero-order valence-electron chi connectivity index (χ0n) is 17.3. The van der Waals surface area contributed by atoms with Crippen molar-refractivity contribution in [1.82, 2.24) is 24.5 Å². The molecule has 0 unspecified atom stereocenters. The van der Waals surface area contributed by atoms with Crippen LogP contribution in [0.4, 0.5) is 17.3 Å². The predicted octanol–water partition coefficient (Wildman–Crippen LogP) is 1.77. The Morgan fingerprint density at radius 3 is 2.83 bits per heavy atom. The predicted molar refractivity (Wildman–Crippen MR) is 114 cm³/mol. The average Bonchev–Trinajstić information content (AvgIpc) is 3.34. The average molecular weight is 411 g/mol. The van der Waals surface area contributed by atoms with Crippen molar-refractivity contribution in [2.45, 2.75) is 38.5 Å². The topological polar surface area (TPSA) is 115 Å². The fourth-order valence-corrected chi connectivity index (χ4v) is 3.35. The smallest absolute Gasteiger partial charge is 0.274 e. The molecular formula is C20H25N7O3. The van der Waals surface area contributed by atoms with Crippen LogP contribution < -0.4 is 21.5 Å². The van der Waals surface area contributed by atoms with Crippen molar-refractivity contribution >= 4 is 28.9 Å². The fraction of sp³-hybridized carbons (Fsp3) is 0.400. The highest BCUT2D eigenvalue weighted by Gasteiger charge is 2.39. The Morgan fingerprint density at radius 2 is 2.17 bits per heavy atom. The molecule has 2 atom stereocenters. The van der Waals surface area contributed by atoms with Crippen LogP contribution in [0.5, 0.6) is 0 Å². The molecule has 1 saturated carbocycles. The zero-order valence-corrected chi connectivity index (χ0v) is 17.3. The van der Waals surface area contributed by atoms with Gasteiger partial charge in [0.25, 0.3) is 11.5 Å². The molecule has 3 N–H and O–H groups in total. The first-order chi connectivity index (χ1) is 14.4. The standard InChI is InChI=1S/C20H25N7O3/c1-11(2)26-7-5-6-13(20(26)29)23-16-9-17(21-3)27-18(25-16)12(10-22-27)19(28)24-14-8-15(14)30-4/h5-7,9-11,14-15,21H,8H2,1-4H3,(H,23,25)(H,24,28)/t14-,15-/m0/s1. The van der Waals surface area contributed by atoms with Crippen LogP contribution in [0.1, 0.15) is 36.7 Å². The molecule has 4 rings (SSSR count). The molecule has 10 nitrogen and oxygen atoms in total. The number of rotatable bonds is 7. The van der Waals surface area contributed by atoms with Gasteiger partial charge in [0.1, 0.15) is 22.9 Å². The van der Waals surface area contributed by atoms with E-state index < -0.39 is 0 Å². The van der Waals surface area contributed by atoms with Gasteiger partial charge in [-0.3, -0.25) is 9.59 Å². The summed E-state index contributed by atoms with van der Waals surface area (Å²) in [6.45, 7) is 3.89. The number of fused-ring (bicyclic) bond motifs is 1. The molecule has 0 radical (unpaired) electrons. The first-order valence-corrected chi connectivity index (χ1v) is 9.81. The molecule has 30 heavy (non-hydrogen) atoms. The SMILES string of the molecule is CNc1cc(Nc2cccn(C(C)C)c2=O)nc2c(C(=O)N[C@H]3C[C@@H]3OC)cnn12. The minimum atomic E-state index is -0.261. The van der Waals surface area contributed by atoms with Crippen LogP contribution in [-0.2, 0) is 4.74 Å². The van der Waals surface area contributed by atoms with Crippen molar-refractivity contribution in [3.63, 3.8) is 0 Å². The molecule has 3 heterocycles. The van der Waals surface area contributed by atoms with Gasteiger partial charge in [-0.1, -0.05) is 0 Å². The summed E-state index contributed by atoms with van der Waals surface area (Å²) in [5.74, 6) is 0.798. The Balaban J connectivity index is 1.69. The van der Waals surface area contributed by atoms with Gasteiger partial charge in [-0.05, 0) is 32.4 Å². The van der Waals surface area contributed by atoms with E-state index in [9.17, 15) is 9.59 Å². The van der Waals surface area contributed by atoms with E-state index in [1.807, 2.05) is 13.8 Å². The van der Waals surface area contributed by atoms with Crippen molar-refractivity contribution in [3.05, 3.63) is 46.5 Å². The highest BCUT2D eigenvalue weighted by Crippen LogP contribution is 2.26. The summed E-state index contributed by atoms with van der Waals surface area (Å²) in [5, 5.41) is 13.3. The number of ether oxygens (including phenoxy) is 1.